The molecule has 0 aliphatic rings. The topological polar surface area (TPSA) is 33.0 Å². The summed E-state index contributed by atoms with van der Waals surface area (Å²) in [4.78, 5) is 0. The van der Waals surface area contributed by atoms with Gasteiger partial charge in [-0.25, -0.2) is 0 Å². The summed E-state index contributed by atoms with van der Waals surface area (Å²) in [6.45, 7) is 7.25. The Morgan fingerprint density at radius 3 is 2.04 bits per heavy atom. The van der Waals surface area contributed by atoms with Crippen molar-refractivity contribution < 1.29 is 4.74 Å². The zero-order valence-corrected chi connectivity index (χ0v) is 16.9. The standard InChI is InChI=1S/C26H27NO/c1-26(2,3)24-15-13-23(14-16-24)25(28-19-22-7-5-4-6-8-22)17-20-9-11-21(18-27)12-10-20/h4-16,25H,17,19H2,1-3H3. The lowest BCUT2D eigenvalue weighted by atomic mass is 9.86. The Labute approximate surface area is 168 Å². The van der Waals surface area contributed by atoms with Gasteiger partial charge in [-0.15, -0.1) is 0 Å². The molecule has 0 bridgehead atoms. The van der Waals surface area contributed by atoms with Crippen LogP contribution in [0.25, 0.3) is 0 Å². The molecule has 2 heteroatoms. The minimum atomic E-state index is -0.0397. The molecule has 0 aliphatic heterocycles. The third-order valence-corrected chi connectivity index (χ3v) is 4.95. The van der Waals surface area contributed by atoms with Gasteiger partial charge < -0.3 is 4.74 Å². The van der Waals surface area contributed by atoms with Crippen LogP contribution < -0.4 is 0 Å². The Balaban J connectivity index is 1.81. The molecule has 0 radical (unpaired) electrons. The van der Waals surface area contributed by atoms with Crippen LogP contribution in [-0.2, 0) is 23.2 Å². The highest BCUT2D eigenvalue weighted by atomic mass is 16.5. The van der Waals surface area contributed by atoms with Crippen molar-refractivity contribution in [3.63, 3.8) is 0 Å². The van der Waals surface area contributed by atoms with Crippen LogP contribution in [0.15, 0.2) is 78.9 Å². The van der Waals surface area contributed by atoms with Gasteiger partial charge in [0.25, 0.3) is 0 Å². The van der Waals surface area contributed by atoms with Gasteiger partial charge in [-0.3, -0.25) is 0 Å². The fourth-order valence-corrected chi connectivity index (χ4v) is 3.17. The molecule has 0 saturated carbocycles. The molecule has 0 saturated heterocycles. The summed E-state index contributed by atoms with van der Waals surface area (Å²) in [6.07, 6.45) is 0.732. The molecule has 0 aromatic heterocycles. The van der Waals surface area contributed by atoms with E-state index in [2.05, 4.69) is 63.2 Å². The predicted octanol–water partition coefficient (Wildman–Crippen LogP) is 6.36. The van der Waals surface area contributed by atoms with Gasteiger partial charge in [0.15, 0.2) is 0 Å². The second-order valence-electron chi connectivity index (χ2n) is 8.17. The van der Waals surface area contributed by atoms with Crippen molar-refractivity contribution in [2.75, 3.05) is 0 Å². The highest BCUT2D eigenvalue weighted by molar-refractivity contribution is 5.33. The molecule has 0 spiro atoms. The molecule has 0 fully saturated rings. The smallest absolute Gasteiger partial charge is 0.0991 e. The molecule has 1 unspecified atom stereocenters. The minimum absolute atomic E-state index is 0.0397. The Morgan fingerprint density at radius 2 is 1.46 bits per heavy atom. The predicted molar refractivity (Wildman–Crippen MR) is 114 cm³/mol. The first-order valence-electron chi connectivity index (χ1n) is 9.71. The van der Waals surface area contributed by atoms with E-state index in [0.29, 0.717) is 12.2 Å². The molecule has 2 nitrogen and oxygen atoms in total. The number of ether oxygens (including phenoxy) is 1. The first-order valence-corrected chi connectivity index (χ1v) is 9.71. The van der Waals surface area contributed by atoms with Crippen LogP contribution in [0.3, 0.4) is 0 Å². The van der Waals surface area contributed by atoms with Crippen molar-refractivity contribution in [2.24, 2.45) is 0 Å². The van der Waals surface area contributed by atoms with Crippen LogP contribution in [0.1, 0.15) is 54.7 Å². The van der Waals surface area contributed by atoms with Gasteiger partial charge in [0, 0.05) is 6.42 Å². The Morgan fingerprint density at radius 1 is 0.821 bits per heavy atom. The lowest BCUT2D eigenvalue weighted by Gasteiger charge is -2.22. The van der Waals surface area contributed by atoms with Gasteiger partial charge >= 0.3 is 0 Å². The zero-order chi connectivity index (χ0) is 20.0. The molecule has 3 rings (SSSR count). The van der Waals surface area contributed by atoms with Crippen molar-refractivity contribution in [1.82, 2.24) is 0 Å². The highest BCUT2D eigenvalue weighted by Gasteiger charge is 2.17. The molecular weight excluding hydrogens is 342 g/mol. The van der Waals surface area contributed by atoms with E-state index in [0.717, 1.165) is 12.0 Å². The van der Waals surface area contributed by atoms with E-state index < -0.39 is 0 Å². The van der Waals surface area contributed by atoms with E-state index in [4.69, 9.17) is 10.00 Å². The molecule has 28 heavy (non-hydrogen) atoms. The quantitative estimate of drug-likeness (QED) is 0.507. The maximum atomic E-state index is 9.02. The molecule has 3 aromatic rings. The molecule has 0 amide bonds. The first-order chi connectivity index (χ1) is 13.5. The average molecular weight is 370 g/mol. The van der Waals surface area contributed by atoms with Crippen molar-refractivity contribution >= 4 is 0 Å². The number of nitrogens with zero attached hydrogens (tertiary/aromatic N) is 1. The van der Waals surface area contributed by atoms with E-state index in [-0.39, 0.29) is 11.5 Å². The number of nitriles is 1. The van der Waals surface area contributed by atoms with Gasteiger partial charge in [-0.05, 0) is 39.8 Å². The van der Waals surface area contributed by atoms with Crippen molar-refractivity contribution in [2.45, 2.75) is 45.3 Å². The third kappa shape index (κ3) is 5.31. The van der Waals surface area contributed by atoms with Crippen molar-refractivity contribution in [1.29, 1.82) is 5.26 Å². The normalized spacial score (nSPS) is 12.4. The summed E-state index contributed by atoms with van der Waals surface area (Å²) in [5, 5.41) is 9.02. The summed E-state index contributed by atoms with van der Waals surface area (Å²) >= 11 is 0. The Kier molecular flexibility index (Phi) is 6.29. The fraction of sp³-hybridized carbons (Fsp3) is 0.269. The molecule has 0 heterocycles. The fourth-order valence-electron chi connectivity index (χ4n) is 3.17. The second-order valence-corrected chi connectivity index (χ2v) is 8.17. The molecule has 3 aromatic carbocycles. The third-order valence-electron chi connectivity index (χ3n) is 4.95. The minimum Gasteiger partial charge on any atom is -0.369 e. The molecule has 0 N–H and O–H groups in total. The highest BCUT2D eigenvalue weighted by Crippen LogP contribution is 2.28. The lowest BCUT2D eigenvalue weighted by molar-refractivity contribution is 0.0399. The number of rotatable bonds is 6. The van der Waals surface area contributed by atoms with Gasteiger partial charge in [0.1, 0.15) is 0 Å². The summed E-state index contributed by atoms with van der Waals surface area (Å²) < 4.78 is 6.34. The second kappa shape index (κ2) is 8.87. The van der Waals surface area contributed by atoms with Crippen LogP contribution in [0.2, 0.25) is 0 Å². The van der Waals surface area contributed by atoms with E-state index in [9.17, 15) is 0 Å². The van der Waals surface area contributed by atoms with E-state index in [1.54, 1.807) is 0 Å². The Bertz CT molecular complexity index is 913. The van der Waals surface area contributed by atoms with E-state index in [1.807, 2.05) is 42.5 Å². The van der Waals surface area contributed by atoms with Crippen molar-refractivity contribution in [3.8, 4) is 6.07 Å². The maximum absolute atomic E-state index is 9.02. The van der Waals surface area contributed by atoms with Gasteiger partial charge in [0.2, 0.25) is 0 Å². The summed E-state index contributed by atoms with van der Waals surface area (Å²) in [5.41, 5.74) is 5.63. The molecule has 142 valence electrons. The van der Waals surface area contributed by atoms with Crippen LogP contribution in [-0.4, -0.2) is 0 Å². The van der Waals surface area contributed by atoms with E-state index in [1.165, 1.54) is 16.7 Å². The number of hydrogen-bond donors (Lipinski definition) is 0. The number of hydrogen-bond acceptors (Lipinski definition) is 2. The summed E-state index contributed by atoms with van der Waals surface area (Å²) in [7, 11) is 0. The zero-order valence-electron chi connectivity index (χ0n) is 16.9. The van der Waals surface area contributed by atoms with E-state index >= 15 is 0 Å². The first kappa shape index (κ1) is 19.9. The average Bonchev–Trinajstić information content (AvgIpc) is 2.72. The largest absolute Gasteiger partial charge is 0.369 e. The lowest BCUT2D eigenvalue weighted by Crippen LogP contribution is -2.12. The van der Waals surface area contributed by atoms with Crippen LogP contribution in [0.4, 0.5) is 0 Å². The molecule has 0 aliphatic carbocycles. The Hall–Kier alpha value is -2.89. The van der Waals surface area contributed by atoms with Crippen LogP contribution >= 0.6 is 0 Å². The number of benzene rings is 3. The van der Waals surface area contributed by atoms with Crippen molar-refractivity contribution in [3.05, 3.63) is 107 Å². The summed E-state index contributed by atoms with van der Waals surface area (Å²) in [6, 6.07) is 29.0. The van der Waals surface area contributed by atoms with Crippen LogP contribution in [0.5, 0.6) is 0 Å². The van der Waals surface area contributed by atoms with Gasteiger partial charge in [0.05, 0.1) is 24.3 Å². The SMILES string of the molecule is CC(C)(C)c1ccc(C(Cc2ccc(C#N)cc2)OCc2ccccc2)cc1. The monoisotopic (exact) mass is 369 g/mol. The molecular formula is C26H27NO. The van der Waals surface area contributed by atoms with Gasteiger partial charge in [-0.2, -0.15) is 5.26 Å². The summed E-state index contributed by atoms with van der Waals surface area (Å²) in [5.74, 6) is 0. The maximum Gasteiger partial charge on any atom is 0.0991 e. The van der Waals surface area contributed by atoms with Crippen LogP contribution in [0, 0.1) is 11.3 Å². The molecule has 1 atom stereocenters. The van der Waals surface area contributed by atoms with Gasteiger partial charge in [-0.1, -0.05) is 87.5 Å².